The second kappa shape index (κ2) is 8.74. The van der Waals surface area contributed by atoms with Crippen molar-refractivity contribution < 1.29 is 8.42 Å². The molecule has 0 unspecified atom stereocenters. The maximum atomic E-state index is 12.4. The summed E-state index contributed by atoms with van der Waals surface area (Å²) in [6.07, 6.45) is 0. The summed E-state index contributed by atoms with van der Waals surface area (Å²) in [6, 6.07) is 14.1. The summed E-state index contributed by atoms with van der Waals surface area (Å²) in [7, 11) is -1.81. The monoisotopic (exact) mass is 486 g/mol. The highest BCUT2D eigenvalue weighted by Gasteiger charge is 2.16. The van der Waals surface area contributed by atoms with Gasteiger partial charge in [0.2, 0.25) is 10.0 Å². The van der Waals surface area contributed by atoms with E-state index in [0.29, 0.717) is 21.8 Å². The summed E-state index contributed by atoms with van der Waals surface area (Å²) >= 11 is 10.8. The number of aromatic nitrogens is 3. The van der Waals surface area contributed by atoms with Crippen molar-refractivity contribution in [2.45, 2.75) is 22.3 Å². The molecule has 0 amide bonds. The Morgan fingerprint density at radius 2 is 1.93 bits per heavy atom. The van der Waals surface area contributed by atoms with Gasteiger partial charge in [0, 0.05) is 22.3 Å². The van der Waals surface area contributed by atoms with Crippen molar-refractivity contribution in [1.29, 1.82) is 0 Å². The summed E-state index contributed by atoms with van der Waals surface area (Å²) in [6.45, 7) is 0.0552. The summed E-state index contributed by atoms with van der Waals surface area (Å²) in [5.41, 5.74) is 1.08. The van der Waals surface area contributed by atoms with Crippen LogP contribution in [-0.2, 0) is 29.4 Å². The summed E-state index contributed by atoms with van der Waals surface area (Å²) < 4.78 is 29.9. The van der Waals surface area contributed by atoms with E-state index in [-0.39, 0.29) is 11.4 Å². The molecule has 0 spiro atoms. The Morgan fingerprint density at radius 1 is 1.19 bits per heavy atom. The molecule has 1 heterocycles. The first-order chi connectivity index (χ1) is 12.8. The van der Waals surface area contributed by atoms with E-state index in [4.69, 9.17) is 11.6 Å². The average Bonchev–Trinajstić information content (AvgIpc) is 2.99. The average molecular weight is 488 g/mol. The Labute approximate surface area is 175 Å². The lowest BCUT2D eigenvalue weighted by Gasteiger charge is -2.07. The van der Waals surface area contributed by atoms with Crippen molar-refractivity contribution in [1.82, 2.24) is 19.5 Å². The zero-order valence-electron chi connectivity index (χ0n) is 14.3. The van der Waals surface area contributed by atoms with E-state index < -0.39 is 10.0 Å². The molecule has 0 saturated heterocycles. The Hall–Kier alpha value is -1.39. The Balaban J connectivity index is 1.64. The first kappa shape index (κ1) is 20.3. The third-order valence-electron chi connectivity index (χ3n) is 3.73. The third kappa shape index (κ3) is 5.32. The number of nitrogens with one attached hydrogen (secondary N) is 1. The molecule has 0 radical (unpaired) electrons. The number of hydrogen-bond donors (Lipinski definition) is 1. The van der Waals surface area contributed by atoms with Gasteiger partial charge in [0.05, 0.1) is 11.4 Å². The molecule has 3 aromatic rings. The molecule has 1 aromatic heterocycles. The van der Waals surface area contributed by atoms with Gasteiger partial charge in [-0.3, -0.25) is 0 Å². The Kier molecular flexibility index (Phi) is 6.59. The quantitative estimate of drug-likeness (QED) is 0.510. The van der Waals surface area contributed by atoms with Crippen LogP contribution in [-0.4, -0.2) is 23.2 Å². The first-order valence-electron chi connectivity index (χ1n) is 7.86. The molecule has 10 heteroatoms. The van der Waals surface area contributed by atoms with Crippen molar-refractivity contribution in [3.05, 3.63) is 69.4 Å². The van der Waals surface area contributed by atoms with Crippen molar-refractivity contribution in [2.75, 3.05) is 0 Å². The third-order valence-corrected chi connectivity index (χ3v) is 7.00. The summed E-state index contributed by atoms with van der Waals surface area (Å²) in [4.78, 5) is 0.198. The van der Waals surface area contributed by atoms with Gasteiger partial charge in [-0.2, -0.15) is 0 Å². The number of halogens is 2. The van der Waals surface area contributed by atoms with Gasteiger partial charge in [-0.25, -0.2) is 13.1 Å². The van der Waals surface area contributed by atoms with Gasteiger partial charge < -0.3 is 4.57 Å². The van der Waals surface area contributed by atoms with Crippen molar-refractivity contribution in [3.8, 4) is 0 Å². The van der Waals surface area contributed by atoms with E-state index in [1.807, 2.05) is 31.3 Å². The highest BCUT2D eigenvalue weighted by molar-refractivity contribution is 9.10. The van der Waals surface area contributed by atoms with Crippen LogP contribution >= 0.6 is 39.3 Å². The number of rotatable bonds is 7. The summed E-state index contributed by atoms with van der Waals surface area (Å²) in [5.74, 6) is 1.22. The number of thioether (sulfide) groups is 1. The van der Waals surface area contributed by atoms with Crippen molar-refractivity contribution in [3.63, 3.8) is 0 Å². The number of hydrogen-bond acceptors (Lipinski definition) is 5. The molecule has 0 saturated carbocycles. The van der Waals surface area contributed by atoms with Crippen molar-refractivity contribution >= 4 is 49.3 Å². The van der Waals surface area contributed by atoms with Gasteiger partial charge in [-0.15, -0.1) is 10.2 Å². The number of benzene rings is 2. The molecular weight excluding hydrogens is 472 g/mol. The molecule has 0 atom stereocenters. The van der Waals surface area contributed by atoms with Crippen LogP contribution in [0.3, 0.4) is 0 Å². The van der Waals surface area contributed by atoms with Crippen molar-refractivity contribution in [2.24, 2.45) is 7.05 Å². The highest BCUT2D eigenvalue weighted by Crippen LogP contribution is 2.23. The zero-order valence-corrected chi connectivity index (χ0v) is 18.2. The van der Waals surface area contributed by atoms with E-state index in [0.717, 1.165) is 10.0 Å². The molecule has 0 aliphatic rings. The van der Waals surface area contributed by atoms with Crippen LogP contribution in [0.1, 0.15) is 11.4 Å². The van der Waals surface area contributed by atoms with Gasteiger partial charge in [0.25, 0.3) is 0 Å². The molecule has 1 N–H and O–H groups in total. The van der Waals surface area contributed by atoms with E-state index in [9.17, 15) is 8.42 Å². The Morgan fingerprint density at radius 3 is 2.63 bits per heavy atom. The maximum absolute atomic E-state index is 12.4. The Bertz CT molecular complexity index is 1040. The van der Waals surface area contributed by atoms with E-state index in [2.05, 4.69) is 30.8 Å². The molecule has 0 bridgehead atoms. The van der Waals surface area contributed by atoms with Crippen LogP contribution < -0.4 is 4.72 Å². The molecule has 0 fully saturated rings. The molecule has 0 aliphatic heterocycles. The molecule has 0 aliphatic carbocycles. The topological polar surface area (TPSA) is 76.9 Å². The van der Waals surface area contributed by atoms with Gasteiger partial charge in [0.1, 0.15) is 5.82 Å². The number of sulfonamides is 1. The predicted molar refractivity (Wildman–Crippen MR) is 110 cm³/mol. The van der Waals surface area contributed by atoms with Crippen LogP contribution in [0.15, 0.2) is 63.1 Å². The fourth-order valence-electron chi connectivity index (χ4n) is 2.26. The minimum atomic E-state index is -3.62. The second-order valence-corrected chi connectivity index (χ2v) is 9.72. The fraction of sp³-hybridized carbons (Fsp3) is 0.176. The van der Waals surface area contributed by atoms with E-state index in [1.165, 1.54) is 23.9 Å². The lowest BCUT2D eigenvalue weighted by atomic mass is 10.2. The van der Waals surface area contributed by atoms with Crippen LogP contribution in [0.4, 0.5) is 0 Å². The molecule has 142 valence electrons. The zero-order chi connectivity index (χ0) is 19.4. The van der Waals surface area contributed by atoms with Gasteiger partial charge in [-0.1, -0.05) is 51.4 Å². The fourth-order valence-corrected chi connectivity index (χ4v) is 4.59. The number of nitrogens with zero attached hydrogens (tertiary/aromatic N) is 3. The smallest absolute Gasteiger partial charge is 0.240 e. The first-order valence-corrected chi connectivity index (χ1v) is 11.5. The minimum absolute atomic E-state index is 0.0552. The molecule has 27 heavy (non-hydrogen) atoms. The summed E-state index contributed by atoms with van der Waals surface area (Å²) in [5, 5.41) is 9.62. The largest absolute Gasteiger partial charge is 0.308 e. The normalized spacial score (nSPS) is 11.7. The van der Waals surface area contributed by atoms with Crippen LogP contribution in [0.25, 0.3) is 0 Å². The van der Waals surface area contributed by atoms with E-state index in [1.54, 1.807) is 16.7 Å². The predicted octanol–water partition coefficient (Wildman–Crippen LogP) is 4.00. The van der Waals surface area contributed by atoms with Crippen LogP contribution in [0.5, 0.6) is 0 Å². The van der Waals surface area contributed by atoms with Crippen LogP contribution in [0, 0.1) is 0 Å². The van der Waals surface area contributed by atoms with Gasteiger partial charge in [0.15, 0.2) is 5.16 Å². The second-order valence-electron chi connectivity index (χ2n) is 5.65. The van der Waals surface area contributed by atoms with E-state index >= 15 is 0 Å². The minimum Gasteiger partial charge on any atom is -0.308 e. The standard InChI is InChI=1S/C17H16BrClN4O2S2/c1-23-16(10-20-27(24,25)15-7-5-13(18)6-8-15)21-22-17(23)26-11-12-3-2-4-14(19)9-12/h2-9,20H,10-11H2,1H3. The molecule has 2 aromatic carbocycles. The lowest BCUT2D eigenvalue weighted by Crippen LogP contribution is -2.24. The molecule has 3 rings (SSSR count). The van der Waals surface area contributed by atoms with Crippen LogP contribution in [0.2, 0.25) is 5.02 Å². The SMILES string of the molecule is Cn1c(CNS(=O)(=O)c2ccc(Br)cc2)nnc1SCc1cccc(Cl)c1. The maximum Gasteiger partial charge on any atom is 0.240 e. The van der Waals surface area contributed by atoms with Gasteiger partial charge in [-0.05, 0) is 42.0 Å². The van der Waals surface area contributed by atoms with Gasteiger partial charge >= 0.3 is 0 Å². The molecule has 6 nitrogen and oxygen atoms in total. The highest BCUT2D eigenvalue weighted by atomic mass is 79.9. The lowest BCUT2D eigenvalue weighted by molar-refractivity contribution is 0.576. The molecular formula is C17H16BrClN4O2S2.